The molecule has 0 radical (unpaired) electrons. The Morgan fingerprint density at radius 1 is 1.24 bits per heavy atom. The number of carbonyl (C=O) groups excluding carboxylic acids is 2. The average molecular weight is 245 g/mol. The molecule has 1 rings (SSSR count). The van der Waals surface area contributed by atoms with E-state index in [-0.39, 0.29) is 18.5 Å². The second-order valence-corrected chi connectivity index (χ2v) is 3.76. The molecule has 5 N–H and O–H groups in total. The van der Waals surface area contributed by atoms with E-state index < -0.39 is 24.6 Å². The maximum Gasteiger partial charge on any atom is 0.334 e. The van der Waals surface area contributed by atoms with Gasteiger partial charge in [-0.3, -0.25) is 4.79 Å². The van der Waals surface area contributed by atoms with Crippen molar-refractivity contribution in [2.45, 2.75) is 25.0 Å². The summed E-state index contributed by atoms with van der Waals surface area (Å²) in [7, 11) is 0. The van der Waals surface area contributed by atoms with Gasteiger partial charge in [0, 0.05) is 6.04 Å². The molecule has 0 spiro atoms. The molecule has 0 aromatic carbocycles. The minimum atomic E-state index is -1.65. The molecule has 3 amide bonds. The first-order chi connectivity index (χ1) is 7.99. The van der Waals surface area contributed by atoms with Crippen LogP contribution in [0.15, 0.2) is 0 Å². The summed E-state index contributed by atoms with van der Waals surface area (Å²) in [6, 6.07) is -0.475. The van der Waals surface area contributed by atoms with E-state index in [9.17, 15) is 14.4 Å². The highest BCUT2D eigenvalue weighted by atomic mass is 16.4. The van der Waals surface area contributed by atoms with Crippen molar-refractivity contribution in [1.82, 2.24) is 16.0 Å². The van der Waals surface area contributed by atoms with E-state index in [1.54, 1.807) is 0 Å². The quantitative estimate of drug-likeness (QED) is 0.370. The Bertz CT molecular complexity index is 316. The van der Waals surface area contributed by atoms with Gasteiger partial charge in [-0.1, -0.05) is 0 Å². The van der Waals surface area contributed by atoms with Crippen LogP contribution in [-0.2, 0) is 9.59 Å². The fourth-order valence-electron chi connectivity index (χ4n) is 1.01. The predicted octanol–water partition coefficient (Wildman–Crippen LogP) is -1.99. The molecule has 1 unspecified atom stereocenters. The Morgan fingerprint density at radius 3 is 2.41 bits per heavy atom. The molecule has 8 heteroatoms. The van der Waals surface area contributed by atoms with Crippen molar-refractivity contribution in [3.05, 3.63) is 0 Å². The zero-order valence-electron chi connectivity index (χ0n) is 9.10. The minimum Gasteiger partial charge on any atom is -0.479 e. The van der Waals surface area contributed by atoms with Gasteiger partial charge in [0.15, 0.2) is 6.10 Å². The van der Waals surface area contributed by atoms with Crippen LogP contribution in [0.2, 0.25) is 0 Å². The Labute approximate surface area is 97.4 Å². The van der Waals surface area contributed by atoms with Crippen LogP contribution in [0.1, 0.15) is 12.8 Å². The third-order valence-electron chi connectivity index (χ3n) is 2.09. The lowest BCUT2D eigenvalue weighted by Crippen LogP contribution is -2.45. The molecular formula is C9H15N3O5. The van der Waals surface area contributed by atoms with Gasteiger partial charge in [0.25, 0.3) is 0 Å². The molecule has 0 aromatic rings. The number of amides is 3. The van der Waals surface area contributed by atoms with Crippen LogP contribution in [0.5, 0.6) is 0 Å². The van der Waals surface area contributed by atoms with Crippen molar-refractivity contribution in [1.29, 1.82) is 0 Å². The average Bonchev–Trinajstić information content (AvgIpc) is 3.06. The fraction of sp³-hybridized carbons (Fsp3) is 0.667. The molecule has 0 bridgehead atoms. The lowest BCUT2D eigenvalue weighted by atomic mass is 10.4. The van der Waals surface area contributed by atoms with Crippen molar-refractivity contribution < 1.29 is 24.6 Å². The van der Waals surface area contributed by atoms with Gasteiger partial charge < -0.3 is 26.2 Å². The van der Waals surface area contributed by atoms with Gasteiger partial charge in [-0.25, -0.2) is 9.59 Å². The molecule has 96 valence electrons. The second kappa shape index (κ2) is 6.04. The minimum absolute atomic E-state index is 0.175. The zero-order valence-corrected chi connectivity index (χ0v) is 9.10. The number of carbonyl (C=O) groups is 3. The van der Waals surface area contributed by atoms with Gasteiger partial charge in [0.1, 0.15) is 0 Å². The summed E-state index contributed by atoms with van der Waals surface area (Å²) < 4.78 is 0. The summed E-state index contributed by atoms with van der Waals surface area (Å²) in [6.07, 6.45) is 0.270. The van der Waals surface area contributed by atoms with Crippen molar-refractivity contribution in [3.63, 3.8) is 0 Å². The normalized spacial score (nSPS) is 15.8. The standard InChI is InChI=1S/C9H15N3O5/c13-6(8(15)16)3-10-9(17)11-4-7(14)12-5-1-2-5/h5-6,13H,1-4H2,(H,12,14)(H,15,16)(H2,10,11,17). The number of rotatable bonds is 6. The number of hydrogen-bond acceptors (Lipinski definition) is 4. The lowest BCUT2D eigenvalue weighted by Gasteiger charge is -2.09. The summed E-state index contributed by atoms with van der Waals surface area (Å²) in [5, 5.41) is 24.2. The maximum atomic E-state index is 11.1. The molecule has 0 aromatic heterocycles. The Morgan fingerprint density at radius 2 is 1.88 bits per heavy atom. The van der Waals surface area contributed by atoms with Crippen LogP contribution in [0.3, 0.4) is 0 Å². The highest BCUT2D eigenvalue weighted by Crippen LogP contribution is 2.17. The lowest BCUT2D eigenvalue weighted by molar-refractivity contribution is -0.146. The summed E-state index contributed by atoms with van der Waals surface area (Å²) in [5.41, 5.74) is 0. The summed E-state index contributed by atoms with van der Waals surface area (Å²) >= 11 is 0. The topological polar surface area (TPSA) is 128 Å². The van der Waals surface area contributed by atoms with Gasteiger partial charge in [0.05, 0.1) is 13.1 Å². The predicted molar refractivity (Wildman–Crippen MR) is 56.2 cm³/mol. The number of carboxylic acids is 1. The number of hydrogen-bond donors (Lipinski definition) is 5. The molecule has 1 saturated carbocycles. The second-order valence-electron chi connectivity index (χ2n) is 3.76. The molecular weight excluding hydrogens is 230 g/mol. The van der Waals surface area contributed by atoms with Crippen molar-refractivity contribution in [2.75, 3.05) is 13.1 Å². The fourth-order valence-corrected chi connectivity index (χ4v) is 1.01. The Hall–Kier alpha value is -1.83. The molecule has 8 nitrogen and oxygen atoms in total. The van der Waals surface area contributed by atoms with E-state index in [1.807, 2.05) is 0 Å². The number of aliphatic carboxylic acids is 1. The number of nitrogens with one attached hydrogen (secondary N) is 3. The van der Waals surface area contributed by atoms with Gasteiger partial charge in [0.2, 0.25) is 5.91 Å². The Kier molecular flexibility index (Phi) is 4.70. The summed E-state index contributed by atoms with van der Waals surface area (Å²) in [5.74, 6) is -1.71. The highest BCUT2D eigenvalue weighted by Gasteiger charge is 2.23. The molecule has 1 aliphatic rings. The first kappa shape index (κ1) is 13.2. The van der Waals surface area contributed by atoms with Crippen LogP contribution in [-0.4, -0.2) is 53.4 Å². The van der Waals surface area contributed by atoms with Crippen LogP contribution < -0.4 is 16.0 Å². The van der Waals surface area contributed by atoms with Gasteiger partial charge in [-0.15, -0.1) is 0 Å². The first-order valence-electron chi connectivity index (χ1n) is 5.21. The third kappa shape index (κ3) is 5.71. The monoisotopic (exact) mass is 245 g/mol. The van der Waals surface area contributed by atoms with E-state index >= 15 is 0 Å². The largest absolute Gasteiger partial charge is 0.479 e. The smallest absolute Gasteiger partial charge is 0.334 e. The summed E-state index contributed by atoms with van der Waals surface area (Å²) in [4.78, 5) is 32.4. The van der Waals surface area contributed by atoms with Crippen LogP contribution in [0, 0.1) is 0 Å². The molecule has 0 heterocycles. The Balaban J connectivity index is 2.07. The van der Waals surface area contributed by atoms with Crippen molar-refractivity contribution >= 4 is 17.9 Å². The van der Waals surface area contributed by atoms with E-state index in [4.69, 9.17) is 10.2 Å². The SMILES string of the molecule is O=C(CNC(=O)NCC(O)C(=O)O)NC1CC1. The third-order valence-corrected chi connectivity index (χ3v) is 2.09. The summed E-state index contributed by atoms with van der Waals surface area (Å²) in [6.45, 7) is -0.586. The molecule has 17 heavy (non-hydrogen) atoms. The van der Waals surface area contributed by atoms with E-state index in [0.29, 0.717) is 0 Å². The maximum absolute atomic E-state index is 11.1. The van der Waals surface area contributed by atoms with E-state index in [1.165, 1.54) is 0 Å². The van der Waals surface area contributed by atoms with Gasteiger partial charge in [-0.2, -0.15) is 0 Å². The van der Waals surface area contributed by atoms with E-state index in [2.05, 4.69) is 16.0 Å². The van der Waals surface area contributed by atoms with Crippen LogP contribution in [0.25, 0.3) is 0 Å². The first-order valence-corrected chi connectivity index (χ1v) is 5.21. The number of aliphatic hydroxyl groups excluding tert-OH is 1. The van der Waals surface area contributed by atoms with Crippen LogP contribution in [0.4, 0.5) is 4.79 Å². The van der Waals surface area contributed by atoms with Crippen molar-refractivity contribution in [3.8, 4) is 0 Å². The molecule has 0 saturated heterocycles. The number of urea groups is 1. The highest BCUT2D eigenvalue weighted by molar-refractivity contribution is 5.84. The molecule has 0 aliphatic heterocycles. The van der Waals surface area contributed by atoms with E-state index in [0.717, 1.165) is 12.8 Å². The van der Waals surface area contributed by atoms with Gasteiger partial charge in [-0.05, 0) is 12.8 Å². The molecule has 1 aliphatic carbocycles. The molecule has 1 fully saturated rings. The zero-order chi connectivity index (χ0) is 12.8. The van der Waals surface area contributed by atoms with Gasteiger partial charge >= 0.3 is 12.0 Å². The molecule has 1 atom stereocenters. The number of aliphatic hydroxyl groups is 1. The number of carboxylic acid groups (broad SMARTS) is 1. The van der Waals surface area contributed by atoms with Crippen molar-refractivity contribution in [2.24, 2.45) is 0 Å². The van der Waals surface area contributed by atoms with Crippen LogP contribution >= 0.6 is 0 Å².